The highest BCUT2D eigenvalue weighted by atomic mass is 16.5. The van der Waals surface area contributed by atoms with Crippen LogP contribution in [0.2, 0.25) is 0 Å². The summed E-state index contributed by atoms with van der Waals surface area (Å²) in [5.41, 5.74) is 0.932. The number of ether oxygens (including phenoxy) is 1. The number of rotatable bonds is 4. The molecule has 1 spiro atoms. The van der Waals surface area contributed by atoms with Crippen LogP contribution in [0.4, 0.5) is 0 Å². The van der Waals surface area contributed by atoms with Crippen molar-refractivity contribution in [3.63, 3.8) is 0 Å². The zero-order chi connectivity index (χ0) is 14.8. The third-order valence-corrected chi connectivity index (χ3v) is 6.96. The van der Waals surface area contributed by atoms with E-state index in [2.05, 4.69) is 19.2 Å². The van der Waals surface area contributed by atoms with Gasteiger partial charge in [0.15, 0.2) is 0 Å². The normalized spacial score (nSPS) is 32.6. The second-order valence-electron chi connectivity index (χ2n) is 8.08. The maximum atomic E-state index is 6.12. The Morgan fingerprint density at radius 3 is 2.19 bits per heavy atom. The van der Waals surface area contributed by atoms with Crippen molar-refractivity contribution in [2.75, 3.05) is 6.61 Å². The second-order valence-corrected chi connectivity index (χ2v) is 8.08. The minimum Gasteiger partial charge on any atom is -0.375 e. The van der Waals surface area contributed by atoms with Crippen molar-refractivity contribution in [1.29, 1.82) is 0 Å². The molecule has 1 heterocycles. The molecule has 2 nitrogen and oxygen atoms in total. The molecule has 0 aromatic rings. The monoisotopic (exact) mass is 293 g/mol. The van der Waals surface area contributed by atoms with Crippen LogP contribution >= 0.6 is 0 Å². The number of hydrogen-bond donors (Lipinski definition) is 1. The van der Waals surface area contributed by atoms with Gasteiger partial charge in [-0.1, -0.05) is 26.7 Å². The molecule has 21 heavy (non-hydrogen) atoms. The lowest BCUT2D eigenvalue weighted by atomic mass is 9.71. The van der Waals surface area contributed by atoms with Crippen LogP contribution in [0.25, 0.3) is 0 Å². The van der Waals surface area contributed by atoms with Crippen LogP contribution in [0.3, 0.4) is 0 Å². The maximum Gasteiger partial charge on any atom is 0.0692 e. The third kappa shape index (κ3) is 3.47. The topological polar surface area (TPSA) is 21.3 Å². The van der Waals surface area contributed by atoms with E-state index in [-0.39, 0.29) is 5.60 Å². The molecule has 1 aliphatic heterocycles. The van der Waals surface area contributed by atoms with Gasteiger partial charge in [-0.2, -0.15) is 0 Å². The number of nitrogens with one attached hydrogen (secondary N) is 1. The van der Waals surface area contributed by atoms with Gasteiger partial charge in [-0.15, -0.1) is 0 Å². The van der Waals surface area contributed by atoms with E-state index in [4.69, 9.17) is 4.74 Å². The number of hydrogen-bond acceptors (Lipinski definition) is 2. The predicted octanol–water partition coefficient (Wildman–Crippen LogP) is 4.82. The molecule has 0 aromatic carbocycles. The Hall–Kier alpha value is -0.0800. The van der Waals surface area contributed by atoms with E-state index < -0.39 is 0 Å². The highest BCUT2D eigenvalue weighted by Crippen LogP contribution is 2.49. The van der Waals surface area contributed by atoms with Crippen molar-refractivity contribution >= 4 is 0 Å². The summed E-state index contributed by atoms with van der Waals surface area (Å²) in [6.45, 7) is 5.53. The van der Waals surface area contributed by atoms with Crippen LogP contribution in [0.5, 0.6) is 0 Å². The quantitative estimate of drug-likeness (QED) is 0.802. The third-order valence-electron chi connectivity index (χ3n) is 6.96. The van der Waals surface area contributed by atoms with Gasteiger partial charge in [-0.25, -0.2) is 0 Å². The van der Waals surface area contributed by atoms with Crippen LogP contribution in [-0.4, -0.2) is 24.3 Å². The Kier molecular flexibility index (Phi) is 4.95. The van der Waals surface area contributed by atoms with Crippen LogP contribution in [-0.2, 0) is 4.74 Å². The minimum absolute atomic E-state index is 0.164. The smallest absolute Gasteiger partial charge is 0.0692 e. The van der Waals surface area contributed by atoms with E-state index in [0.29, 0.717) is 6.04 Å². The molecule has 1 unspecified atom stereocenters. The zero-order valence-electron chi connectivity index (χ0n) is 14.3. The molecule has 0 amide bonds. The lowest BCUT2D eigenvalue weighted by Gasteiger charge is -2.43. The Morgan fingerprint density at radius 2 is 1.57 bits per heavy atom. The highest BCUT2D eigenvalue weighted by molar-refractivity contribution is 4.94. The van der Waals surface area contributed by atoms with Crippen molar-refractivity contribution in [3.8, 4) is 0 Å². The van der Waals surface area contributed by atoms with Crippen molar-refractivity contribution < 1.29 is 4.74 Å². The van der Waals surface area contributed by atoms with Gasteiger partial charge in [-0.05, 0) is 69.6 Å². The summed E-state index contributed by atoms with van der Waals surface area (Å²) < 4.78 is 6.12. The fourth-order valence-corrected chi connectivity index (χ4v) is 5.27. The van der Waals surface area contributed by atoms with Gasteiger partial charge in [0.05, 0.1) is 5.60 Å². The van der Waals surface area contributed by atoms with Gasteiger partial charge in [0.1, 0.15) is 0 Å². The van der Waals surface area contributed by atoms with Crippen molar-refractivity contribution in [3.05, 3.63) is 0 Å². The molecule has 122 valence electrons. The average Bonchev–Trinajstić information content (AvgIpc) is 2.98. The molecule has 1 saturated heterocycles. The van der Waals surface area contributed by atoms with E-state index in [0.717, 1.165) is 30.9 Å². The largest absolute Gasteiger partial charge is 0.375 e. The SMILES string of the molecule is CCC1(CC)CC(NC2CCC3(CCCC3)CC2)CCO1. The molecule has 0 aromatic heterocycles. The molecule has 2 aliphatic carbocycles. The summed E-state index contributed by atoms with van der Waals surface area (Å²) in [7, 11) is 0. The lowest BCUT2D eigenvalue weighted by molar-refractivity contribution is -0.0947. The fourth-order valence-electron chi connectivity index (χ4n) is 5.27. The molecule has 2 saturated carbocycles. The first-order valence-electron chi connectivity index (χ1n) is 9.59. The fraction of sp³-hybridized carbons (Fsp3) is 1.00. The molecule has 0 radical (unpaired) electrons. The molecular formula is C19H35NO. The van der Waals surface area contributed by atoms with Gasteiger partial charge < -0.3 is 10.1 Å². The summed E-state index contributed by atoms with van der Waals surface area (Å²) >= 11 is 0. The van der Waals surface area contributed by atoms with Gasteiger partial charge in [0, 0.05) is 18.7 Å². The first kappa shape index (κ1) is 15.8. The minimum atomic E-state index is 0.164. The van der Waals surface area contributed by atoms with Crippen LogP contribution in [0, 0.1) is 5.41 Å². The van der Waals surface area contributed by atoms with Crippen LogP contribution < -0.4 is 5.32 Å². The second kappa shape index (κ2) is 6.58. The van der Waals surface area contributed by atoms with Gasteiger partial charge in [-0.3, -0.25) is 0 Å². The Balaban J connectivity index is 1.48. The van der Waals surface area contributed by atoms with Crippen molar-refractivity contribution in [2.45, 2.75) is 109 Å². The van der Waals surface area contributed by atoms with E-state index in [1.54, 1.807) is 0 Å². The average molecular weight is 293 g/mol. The summed E-state index contributed by atoms with van der Waals surface area (Å²) in [6.07, 6.45) is 16.6. The van der Waals surface area contributed by atoms with Gasteiger partial charge >= 0.3 is 0 Å². The summed E-state index contributed by atoms with van der Waals surface area (Å²) in [5, 5.41) is 4.01. The highest BCUT2D eigenvalue weighted by Gasteiger charge is 2.39. The van der Waals surface area contributed by atoms with Crippen LogP contribution in [0.1, 0.15) is 90.9 Å². The van der Waals surface area contributed by atoms with E-state index >= 15 is 0 Å². The van der Waals surface area contributed by atoms with E-state index in [1.165, 1.54) is 64.2 Å². The Labute approximate surface area is 131 Å². The Morgan fingerprint density at radius 1 is 0.905 bits per heavy atom. The summed E-state index contributed by atoms with van der Waals surface area (Å²) in [4.78, 5) is 0. The van der Waals surface area contributed by atoms with Gasteiger partial charge in [0.25, 0.3) is 0 Å². The van der Waals surface area contributed by atoms with Crippen molar-refractivity contribution in [2.24, 2.45) is 5.41 Å². The first-order chi connectivity index (χ1) is 10.2. The molecule has 3 aliphatic rings. The molecule has 3 rings (SSSR count). The van der Waals surface area contributed by atoms with Crippen molar-refractivity contribution in [1.82, 2.24) is 5.32 Å². The first-order valence-corrected chi connectivity index (χ1v) is 9.59. The van der Waals surface area contributed by atoms with Crippen LogP contribution in [0.15, 0.2) is 0 Å². The molecule has 0 bridgehead atoms. The maximum absolute atomic E-state index is 6.12. The van der Waals surface area contributed by atoms with E-state index in [1.807, 2.05) is 0 Å². The zero-order valence-corrected chi connectivity index (χ0v) is 14.3. The summed E-state index contributed by atoms with van der Waals surface area (Å²) in [6, 6.07) is 1.48. The van der Waals surface area contributed by atoms with Gasteiger partial charge in [0.2, 0.25) is 0 Å². The summed E-state index contributed by atoms with van der Waals surface area (Å²) in [5.74, 6) is 0. The molecular weight excluding hydrogens is 258 g/mol. The standard InChI is InChI=1S/C19H35NO/c1-3-19(4-2)15-17(9-14-21-19)20-16-7-12-18(13-8-16)10-5-6-11-18/h16-17,20H,3-15H2,1-2H3. The lowest BCUT2D eigenvalue weighted by Crippen LogP contribution is -2.50. The molecule has 3 fully saturated rings. The van der Waals surface area contributed by atoms with E-state index in [9.17, 15) is 0 Å². The molecule has 1 atom stereocenters. The predicted molar refractivity (Wildman–Crippen MR) is 88.6 cm³/mol. The molecule has 2 heteroatoms. The molecule has 1 N–H and O–H groups in total. The Bertz CT molecular complexity index is 320.